The second kappa shape index (κ2) is 2.78. The number of rotatable bonds is 1. The Labute approximate surface area is 72.6 Å². The summed E-state index contributed by atoms with van der Waals surface area (Å²) in [6.07, 6.45) is 0. The van der Waals surface area contributed by atoms with Crippen LogP contribution in [-0.4, -0.2) is 10.1 Å². The molecule has 2 rings (SSSR count). The predicted molar refractivity (Wildman–Crippen MR) is 42.7 cm³/mol. The van der Waals surface area contributed by atoms with Gasteiger partial charge in [0.05, 0.1) is 0 Å². The van der Waals surface area contributed by atoms with Crippen molar-refractivity contribution in [3.8, 4) is 17.1 Å². The molecule has 0 fully saturated rings. The molecule has 5 nitrogen and oxygen atoms in total. The molecule has 0 aliphatic rings. The van der Waals surface area contributed by atoms with Crippen molar-refractivity contribution in [2.24, 2.45) is 0 Å². The molecule has 1 heterocycles. The number of benzene rings is 1. The molecular formula is C8H5N2O3. The Balaban J connectivity index is 2.47. The van der Waals surface area contributed by atoms with Crippen molar-refractivity contribution in [2.75, 3.05) is 0 Å². The lowest BCUT2D eigenvalue weighted by molar-refractivity contribution is 0.355. The summed E-state index contributed by atoms with van der Waals surface area (Å²) in [4.78, 5) is 13.0. The summed E-state index contributed by atoms with van der Waals surface area (Å²) < 4.78 is 4.31. The van der Waals surface area contributed by atoms with Gasteiger partial charge in [0, 0.05) is 5.56 Å². The Kier molecular flexibility index (Phi) is 1.63. The highest BCUT2D eigenvalue weighted by atomic mass is 16.5. The number of nitrogens with zero attached hydrogens (tertiary/aromatic N) is 1. The van der Waals surface area contributed by atoms with Crippen LogP contribution in [0.2, 0.25) is 0 Å². The maximum Gasteiger partial charge on any atom is 0.439 e. The first-order valence-electron chi connectivity index (χ1n) is 3.59. The van der Waals surface area contributed by atoms with Crippen LogP contribution in [0.5, 0.6) is 5.75 Å². The number of aromatic amines is 1. The van der Waals surface area contributed by atoms with Crippen LogP contribution in [0, 0.1) is 0 Å². The van der Waals surface area contributed by atoms with Crippen molar-refractivity contribution >= 4 is 0 Å². The van der Waals surface area contributed by atoms with Gasteiger partial charge < -0.3 is 0 Å². The minimum Gasteiger partial charge on any atom is -0.296 e. The summed E-state index contributed by atoms with van der Waals surface area (Å²) in [7, 11) is 0. The molecule has 1 aromatic heterocycles. The lowest BCUT2D eigenvalue weighted by Crippen LogP contribution is -1.94. The molecule has 1 radical (unpaired) electrons. The maximum atomic E-state index is 10.7. The highest BCUT2D eigenvalue weighted by Gasteiger charge is 2.03. The van der Waals surface area contributed by atoms with E-state index in [1.165, 1.54) is 12.1 Å². The van der Waals surface area contributed by atoms with Crippen LogP contribution in [0.4, 0.5) is 0 Å². The Morgan fingerprint density at radius 2 is 1.92 bits per heavy atom. The highest BCUT2D eigenvalue weighted by molar-refractivity contribution is 5.54. The zero-order valence-corrected chi connectivity index (χ0v) is 6.48. The molecule has 13 heavy (non-hydrogen) atoms. The SMILES string of the molecule is [O]c1ccc(-c2noc(=O)[nH]2)cc1. The molecule has 0 amide bonds. The van der Waals surface area contributed by atoms with Gasteiger partial charge in [0.15, 0.2) is 11.6 Å². The van der Waals surface area contributed by atoms with Crippen molar-refractivity contribution in [3.05, 3.63) is 34.8 Å². The van der Waals surface area contributed by atoms with Gasteiger partial charge in [0.2, 0.25) is 0 Å². The first-order valence-corrected chi connectivity index (χ1v) is 3.59. The molecule has 0 aliphatic heterocycles. The van der Waals surface area contributed by atoms with E-state index in [2.05, 4.69) is 14.7 Å². The molecule has 0 saturated heterocycles. The Bertz CT molecular complexity index is 455. The first-order chi connectivity index (χ1) is 6.25. The van der Waals surface area contributed by atoms with E-state index < -0.39 is 5.76 Å². The minimum absolute atomic E-state index is 0.0883. The smallest absolute Gasteiger partial charge is 0.296 e. The van der Waals surface area contributed by atoms with Crippen molar-refractivity contribution < 1.29 is 9.63 Å². The summed E-state index contributed by atoms with van der Waals surface area (Å²) in [5.74, 6) is -0.374. The lowest BCUT2D eigenvalue weighted by Gasteiger charge is -1.91. The first kappa shape index (κ1) is 7.60. The van der Waals surface area contributed by atoms with Crippen LogP contribution in [0.25, 0.3) is 11.4 Å². The normalized spacial score (nSPS) is 10.2. The monoisotopic (exact) mass is 177 g/mol. The van der Waals surface area contributed by atoms with Crippen LogP contribution in [-0.2, 0) is 5.11 Å². The van der Waals surface area contributed by atoms with Gasteiger partial charge in [-0.05, 0) is 24.3 Å². The molecule has 0 aliphatic carbocycles. The number of hydrogen-bond donors (Lipinski definition) is 1. The molecule has 0 saturated carbocycles. The fourth-order valence-electron chi connectivity index (χ4n) is 0.967. The Morgan fingerprint density at radius 1 is 1.23 bits per heavy atom. The molecule has 5 heteroatoms. The topological polar surface area (TPSA) is 78.8 Å². The van der Waals surface area contributed by atoms with Crippen LogP contribution in [0.3, 0.4) is 0 Å². The average Bonchev–Trinajstić information content (AvgIpc) is 2.53. The summed E-state index contributed by atoms with van der Waals surface area (Å²) in [5.41, 5.74) is 0.644. The quantitative estimate of drug-likeness (QED) is 0.710. The van der Waals surface area contributed by atoms with E-state index in [0.717, 1.165) is 0 Å². The van der Waals surface area contributed by atoms with E-state index in [4.69, 9.17) is 0 Å². The third-order valence-electron chi connectivity index (χ3n) is 1.57. The van der Waals surface area contributed by atoms with Crippen LogP contribution >= 0.6 is 0 Å². The van der Waals surface area contributed by atoms with E-state index in [-0.39, 0.29) is 5.75 Å². The van der Waals surface area contributed by atoms with Gasteiger partial charge in [-0.15, -0.1) is 0 Å². The molecule has 0 spiro atoms. The van der Waals surface area contributed by atoms with Gasteiger partial charge in [0.25, 0.3) is 0 Å². The minimum atomic E-state index is -0.610. The van der Waals surface area contributed by atoms with Crippen molar-refractivity contribution in [3.63, 3.8) is 0 Å². The summed E-state index contributed by atoms with van der Waals surface area (Å²) in [6, 6.07) is 5.91. The molecule has 0 unspecified atom stereocenters. The van der Waals surface area contributed by atoms with Gasteiger partial charge in [-0.25, -0.2) is 4.79 Å². The predicted octanol–water partition coefficient (Wildman–Crippen LogP) is 1.17. The molecule has 0 atom stereocenters. The molecular weight excluding hydrogens is 172 g/mol. The fraction of sp³-hybridized carbons (Fsp3) is 0. The van der Waals surface area contributed by atoms with Crippen LogP contribution < -0.4 is 5.76 Å². The highest BCUT2D eigenvalue weighted by Crippen LogP contribution is 2.17. The second-order valence-corrected chi connectivity index (χ2v) is 2.47. The van der Waals surface area contributed by atoms with E-state index in [1.807, 2.05) is 0 Å². The van der Waals surface area contributed by atoms with Gasteiger partial charge in [-0.2, -0.15) is 0 Å². The van der Waals surface area contributed by atoms with Gasteiger partial charge >= 0.3 is 5.76 Å². The van der Waals surface area contributed by atoms with Gasteiger partial charge in [-0.1, -0.05) is 5.16 Å². The third-order valence-corrected chi connectivity index (χ3v) is 1.57. The summed E-state index contributed by atoms with van der Waals surface area (Å²) in [5, 5.41) is 14.2. The summed E-state index contributed by atoms with van der Waals surface area (Å²) >= 11 is 0. The van der Waals surface area contributed by atoms with E-state index in [9.17, 15) is 9.90 Å². The van der Waals surface area contributed by atoms with Gasteiger partial charge in [0.1, 0.15) is 0 Å². The zero-order valence-electron chi connectivity index (χ0n) is 6.48. The zero-order chi connectivity index (χ0) is 9.26. The summed E-state index contributed by atoms with van der Waals surface area (Å²) in [6.45, 7) is 0. The molecule has 65 valence electrons. The Morgan fingerprint density at radius 3 is 2.46 bits per heavy atom. The van der Waals surface area contributed by atoms with Crippen molar-refractivity contribution in [1.82, 2.24) is 10.1 Å². The van der Waals surface area contributed by atoms with Crippen molar-refractivity contribution in [1.29, 1.82) is 0 Å². The van der Waals surface area contributed by atoms with Gasteiger partial charge in [-0.3, -0.25) is 14.6 Å². The van der Waals surface area contributed by atoms with E-state index >= 15 is 0 Å². The maximum absolute atomic E-state index is 10.7. The number of nitrogens with one attached hydrogen (secondary N) is 1. The van der Waals surface area contributed by atoms with Crippen LogP contribution in [0.15, 0.2) is 33.6 Å². The number of H-pyrrole nitrogens is 1. The number of aromatic nitrogens is 2. The average molecular weight is 177 g/mol. The largest absolute Gasteiger partial charge is 0.439 e. The van der Waals surface area contributed by atoms with Crippen LogP contribution in [0.1, 0.15) is 0 Å². The lowest BCUT2D eigenvalue weighted by atomic mass is 10.2. The molecule has 2 aromatic rings. The third kappa shape index (κ3) is 1.44. The standard InChI is InChI=1S/C8H5N2O3/c11-6-3-1-5(2-4-6)7-9-8(12)13-10-7/h1-4H,(H,9,10,12). The molecule has 0 bridgehead atoms. The Hall–Kier alpha value is -2.04. The van der Waals surface area contributed by atoms with E-state index in [1.54, 1.807) is 12.1 Å². The second-order valence-electron chi connectivity index (χ2n) is 2.47. The molecule has 1 N–H and O–H groups in total. The number of hydrogen-bond acceptors (Lipinski definition) is 3. The molecule has 1 aromatic carbocycles. The fourth-order valence-corrected chi connectivity index (χ4v) is 0.967. The van der Waals surface area contributed by atoms with Crippen molar-refractivity contribution in [2.45, 2.75) is 0 Å². The van der Waals surface area contributed by atoms with E-state index in [0.29, 0.717) is 11.4 Å².